The molecule has 0 aromatic heterocycles. The van der Waals surface area contributed by atoms with Crippen molar-refractivity contribution in [3.05, 3.63) is 24.3 Å². The first-order valence-corrected chi connectivity index (χ1v) is 4.37. The van der Waals surface area contributed by atoms with E-state index in [1.54, 1.807) is 0 Å². The molecule has 0 amide bonds. The lowest BCUT2D eigenvalue weighted by Crippen LogP contribution is -2.05. The van der Waals surface area contributed by atoms with E-state index in [-0.39, 0.29) is 0 Å². The predicted octanol–water partition coefficient (Wildman–Crippen LogP) is 3.95. The van der Waals surface area contributed by atoms with Gasteiger partial charge in [-0.3, -0.25) is 0 Å². The van der Waals surface area contributed by atoms with Crippen LogP contribution < -0.4 is 0 Å². The van der Waals surface area contributed by atoms with Gasteiger partial charge in [0.15, 0.2) is 0 Å². The molecule has 0 fully saturated rings. The van der Waals surface area contributed by atoms with E-state index in [0.717, 1.165) is 0 Å². The fourth-order valence-electron chi connectivity index (χ4n) is 1.16. The third-order valence-corrected chi connectivity index (χ3v) is 1.81. The lowest BCUT2D eigenvalue weighted by Gasteiger charge is -2.18. The summed E-state index contributed by atoms with van der Waals surface area (Å²) in [6.45, 7) is 8.70. The summed E-state index contributed by atoms with van der Waals surface area (Å²) in [4.78, 5) is 0. The molecule has 0 bridgehead atoms. The van der Waals surface area contributed by atoms with Crippen LogP contribution in [-0.2, 0) is 0 Å². The van der Waals surface area contributed by atoms with Crippen LogP contribution in [0.3, 0.4) is 0 Å². The van der Waals surface area contributed by atoms with Gasteiger partial charge in [0.25, 0.3) is 0 Å². The van der Waals surface area contributed by atoms with Gasteiger partial charge in [-0.2, -0.15) is 0 Å². The van der Waals surface area contributed by atoms with Gasteiger partial charge in [-0.1, -0.05) is 38.2 Å². The summed E-state index contributed by atoms with van der Waals surface area (Å²) in [6, 6.07) is 0. The summed E-state index contributed by atoms with van der Waals surface area (Å²) in [5, 5.41) is 0. The maximum atomic E-state index is 2.27. The Kier molecular flexibility index (Phi) is 4.93. The van der Waals surface area contributed by atoms with Gasteiger partial charge in [0, 0.05) is 0 Å². The average Bonchev–Trinajstić information content (AvgIpc) is 1.87. The number of hydrogen-bond acceptors (Lipinski definition) is 0. The first-order chi connectivity index (χ1) is 5.12. The summed E-state index contributed by atoms with van der Waals surface area (Å²) >= 11 is 0. The Morgan fingerprint density at radius 3 is 2.18 bits per heavy atom. The molecule has 0 rings (SSSR count). The molecule has 0 saturated carbocycles. The molecule has 0 aliphatic heterocycles. The van der Waals surface area contributed by atoms with Crippen LogP contribution in [0, 0.1) is 5.41 Å². The summed E-state index contributed by atoms with van der Waals surface area (Å²) < 4.78 is 0. The molecular formula is C11H20. The second kappa shape index (κ2) is 5.17. The van der Waals surface area contributed by atoms with Crippen molar-refractivity contribution in [1.29, 1.82) is 0 Å². The molecule has 11 heavy (non-hydrogen) atoms. The normalized spacial score (nSPS) is 13.5. The zero-order valence-corrected chi connectivity index (χ0v) is 8.22. The SMILES string of the molecule is CC=CCCC(C)(C)C=CC. The highest BCUT2D eigenvalue weighted by Gasteiger charge is 2.10. The third-order valence-electron chi connectivity index (χ3n) is 1.81. The van der Waals surface area contributed by atoms with Crippen LogP contribution in [0.4, 0.5) is 0 Å². The van der Waals surface area contributed by atoms with Crippen LogP contribution in [0.5, 0.6) is 0 Å². The smallest absolute Gasteiger partial charge is 0.0172 e. The summed E-state index contributed by atoms with van der Waals surface area (Å²) in [7, 11) is 0. The molecular weight excluding hydrogens is 132 g/mol. The van der Waals surface area contributed by atoms with Gasteiger partial charge in [-0.25, -0.2) is 0 Å². The molecule has 64 valence electrons. The van der Waals surface area contributed by atoms with Crippen LogP contribution in [0.1, 0.15) is 40.5 Å². The Morgan fingerprint density at radius 2 is 1.73 bits per heavy atom. The maximum Gasteiger partial charge on any atom is -0.0172 e. The lowest BCUT2D eigenvalue weighted by atomic mass is 9.87. The standard InChI is InChI=1S/C11H20/c1-5-7-8-10-11(3,4)9-6-2/h5-7,9H,8,10H2,1-4H3. The minimum atomic E-state index is 0.369. The van der Waals surface area contributed by atoms with Gasteiger partial charge < -0.3 is 0 Å². The summed E-state index contributed by atoms with van der Waals surface area (Å²) in [5.41, 5.74) is 0.369. The van der Waals surface area contributed by atoms with Crippen molar-refractivity contribution in [3.63, 3.8) is 0 Å². The highest BCUT2D eigenvalue weighted by Crippen LogP contribution is 2.23. The molecule has 0 radical (unpaired) electrons. The largest absolute Gasteiger partial charge is 0.0917 e. The molecule has 0 aromatic carbocycles. The highest BCUT2D eigenvalue weighted by atomic mass is 14.2. The van der Waals surface area contributed by atoms with Gasteiger partial charge in [-0.05, 0) is 32.1 Å². The van der Waals surface area contributed by atoms with E-state index in [4.69, 9.17) is 0 Å². The van der Waals surface area contributed by atoms with Crippen LogP contribution >= 0.6 is 0 Å². The summed E-state index contributed by atoms with van der Waals surface area (Å²) in [6.07, 6.45) is 11.2. The van der Waals surface area contributed by atoms with E-state index in [0.29, 0.717) is 5.41 Å². The van der Waals surface area contributed by atoms with Crippen molar-refractivity contribution in [2.45, 2.75) is 40.5 Å². The molecule has 0 N–H and O–H groups in total. The van der Waals surface area contributed by atoms with Gasteiger partial charge in [0.2, 0.25) is 0 Å². The quantitative estimate of drug-likeness (QED) is 0.535. The first-order valence-electron chi connectivity index (χ1n) is 4.37. The third kappa shape index (κ3) is 5.90. The number of hydrogen-bond donors (Lipinski definition) is 0. The molecule has 0 spiro atoms. The van der Waals surface area contributed by atoms with E-state index in [1.807, 2.05) is 0 Å². The Labute approximate surface area is 71.0 Å². The molecule has 0 aliphatic rings. The minimum absolute atomic E-state index is 0.369. The molecule has 0 atom stereocenters. The molecule has 0 aromatic rings. The van der Waals surface area contributed by atoms with Gasteiger partial charge in [0.05, 0.1) is 0 Å². The van der Waals surface area contributed by atoms with Crippen molar-refractivity contribution >= 4 is 0 Å². The van der Waals surface area contributed by atoms with Gasteiger partial charge in [0.1, 0.15) is 0 Å². The van der Waals surface area contributed by atoms with Crippen LogP contribution in [0.25, 0.3) is 0 Å². The summed E-state index contributed by atoms with van der Waals surface area (Å²) in [5.74, 6) is 0. The Balaban J connectivity index is 3.72. The second-order valence-electron chi connectivity index (χ2n) is 3.60. The molecule has 0 unspecified atom stereocenters. The lowest BCUT2D eigenvalue weighted by molar-refractivity contribution is 0.442. The van der Waals surface area contributed by atoms with E-state index < -0.39 is 0 Å². The Hall–Kier alpha value is -0.520. The first kappa shape index (κ1) is 10.5. The molecule has 0 nitrogen and oxygen atoms in total. The highest BCUT2D eigenvalue weighted by molar-refractivity contribution is 4.94. The van der Waals surface area contributed by atoms with Crippen LogP contribution in [0.2, 0.25) is 0 Å². The molecule has 0 heteroatoms. The zero-order valence-electron chi connectivity index (χ0n) is 8.22. The van der Waals surface area contributed by atoms with Crippen molar-refractivity contribution in [2.24, 2.45) is 5.41 Å². The van der Waals surface area contributed by atoms with Crippen molar-refractivity contribution in [3.8, 4) is 0 Å². The monoisotopic (exact) mass is 152 g/mol. The second-order valence-corrected chi connectivity index (χ2v) is 3.60. The van der Waals surface area contributed by atoms with Crippen molar-refractivity contribution in [2.75, 3.05) is 0 Å². The maximum absolute atomic E-state index is 2.27. The zero-order chi connectivity index (χ0) is 8.74. The van der Waals surface area contributed by atoms with E-state index in [2.05, 4.69) is 52.0 Å². The van der Waals surface area contributed by atoms with Gasteiger partial charge >= 0.3 is 0 Å². The topological polar surface area (TPSA) is 0 Å². The average molecular weight is 152 g/mol. The number of rotatable bonds is 4. The molecule has 0 heterocycles. The van der Waals surface area contributed by atoms with Gasteiger partial charge in [-0.15, -0.1) is 0 Å². The molecule has 0 aliphatic carbocycles. The minimum Gasteiger partial charge on any atom is -0.0917 e. The fourth-order valence-corrected chi connectivity index (χ4v) is 1.16. The number of allylic oxidation sites excluding steroid dienone is 4. The van der Waals surface area contributed by atoms with E-state index in [9.17, 15) is 0 Å². The van der Waals surface area contributed by atoms with Crippen LogP contribution in [-0.4, -0.2) is 0 Å². The van der Waals surface area contributed by atoms with E-state index in [1.165, 1.54) is 12.8 Å². The van der Waals surface area contributed by atoms with Crippen LogP contribution in [0.15, 0.2) is 24.3 Å². The Bertz CT molecular complexity index is 138. The van der Waals surface area contributed by atoms with Crippen molar-refractivity contribution < 1.29 is 0 Å². The predicted molar refractivity (Wildman–Crippen MR) is 52.6 cm³/mol. The van der Waals surface area contributed by atoms with Crippen molar-refractivity contribution in [1.82, 2.24) is 0 Å². The fraction of sp³-hybridized carbons (Fsp3) is 0.636. The molecule has 0 saturated heterocycles. The van der Waals surface area contributed by atoms with E-state index >= 15 is 0 Å². The Morgan fingerprint density at radius 1 is 1.09 bits per heavy atom.